The van der Waals surface area contributed by atoms with Gasteiger partial charge in [-0.2, -0.15) is 0 Å². The Kier molecular flexibility index (Phi) is 3.69. The van der Waals surface area contributed by atoms with Crippen molar-refractivity contribution in [3.8, 4) is 0 Å². The molecule has 1 atom stereocenters. The Morgan fingerprint density at radius 1 is 1.50 bits per heavy atom. The molecule has 2 heterocycles. The molecule has 0 spiro atoms. The van der Waals surface area contributed by atoms with Crippen molar-refractivity contribution in [1.29, 1.82) is 0 Å². The minimum Gasteiger partial charge on any atom is -0.480 e. The summed E-state index contributed by atoms with van der Waals surface area (Å²) in [5, 5.41) is 21.3. The Labute approximate surface area is 133 Å². The molecule has 1 aliphatic rings. The van der Waals surface area contributed by atoms with Gasteiger partial charge in [-0.25, -0.2) is 9.78 Å². The van der Waals surface area contributed by atoms with Crippen LogP contribution < -0.4 is 4.90 Å². The number of aliphatic carboxylic acids is 1. The zero-order chi connectivity index (χ0) is 15.9. The maximum Gasteiger partial charge on any atom is 0.326 e. The Bertz CT molecular complexity index is 780. The fourth-order valence-electron chi connectivity index (χ4n) is 2.87. The molecule has 0 radical (unpaired) electrons. The third kappa shape index (κ3) is 2.39. The number of carboxylic acid groups (broad SMARTS) is 1. The molecule has 3 rings (SSSR count). The van der Waals surface area contributed by atoms with Crippen molar-refractivity contribution in [1.82, 2.24) is 4.98 Å². The third-order valence-electron chi connectivity index (χ3n) is 3.80. The number of fused-ring (bicyclic) bond motifs is 1. The van der Waals surface area contributed by atoms with Gasteiger partial charge >= 0.3 is 11.7 Å². The molecule has 114 valence electrons. The van der Waals surface area contributed by atoms with Gasteiger partial charge in [-0.15, -0.1) is 0 Å². The van der Waals surface area contributed by atoms with E-state index in [-0.39, 0.29) is 5.69 Å². The van der Waals surface area contributed by atoms with Gasteiger partial charge in [0.25, 0.3) is 0 Å². The van der Waals surface area contributed by atoms with E-state index in [9.17, 15) is 20.0 Å². The number of carbonyl (C=O) groups is 1. The third-order valence-corrected chi connectivity index (χ3v) is 4.30. The maximum atomic E-state index is 11.4. The first-order valence-corrected chi connectivity index (χ1v) is 7.50. The second-order valence-corrected chi connectivity index (χ2v) is 6.02. The van der Waals surface area contributed by atoms with Crippen LogP contribution in [0.4, 0.5) is 11.4 Å². The van der Waals surface area contributed by atoms with Gasteiger partial charge < -0.3 is 10.0 Å². The lowest BCUT2D eigenvalue weighted by atomic mass is 10.1. The van der Waals surface area contributed by atoms with E-state index < -0.39 is 16.9 Å². The minimum atomic E-state index is -0.966. The Morgan fingerprint density at radius 2 is 2.27 bits per heavy atom. The van der Waals surface area contributed by atoms with Crippen LogP contribution >= 0.6 is 15.9 Å². The highest BCUT2D eigenvalue weighted by molar-refractivity contribution is 9.10. The fourth-order valence-corrected chi connectivity index (χ4v) is 3.23. The molecule has 1 aliphatic heterocycles. The minimum absolute atomic E-state index is 0.168. The molecule has 0 bridgehead atoms. The van der Waals surface area contributed by atoms with E-state index in [1.165, 1.54) is 6.20 Å². The summed E-state index contributed by atoms with van der Waals surface area (Å²) in [4.78, 5) is 28.0. The van der Waals surface area contributed by atoms with Gasteiger partial charge in [0.2, 0.25) is 0 Å². The molecule has 0 aliphatic carbocycles. The number of anilines is 1. The second-order valence-electron chi connectivity index (χ2n) is 5.10. The summed E-state index contributed by atoms with van der Waals surface area (Å²) in [5.41, 5.74) is 0.764. The first-order chi connectivity index (χ1) is 10.5. The van der Waals surface area contributed by atoms with E-state index in [1.807, 2.05) is 0 Å². The Hall–Kier alpha value is -2.22. The van der Waals surface area contributed by atoms with Gasteiger partial charge in [0.05, 0.1) is 10.4 Å². The highest BCUT2D eigenvalue weighted by Crippen LogP contribution is 2.39. The maximum absolute atomic E-state index is 11.4. The van der Waals surface area contributed by atoms with Crippen LogP contribution in [0.2, 0.25) is 0 Å². The summed E-state index contributed by atoms with van der Waals surface area (Å²) >= 11 is 3.35. The lowest BCUT2D eigenvalue weighted by molar-refractivity contribution is -0.384. The van der Waals surface area contributed by atoms with Crippen molar-refractivity contribution in [3.63, 3.8) is 0 Å². The van der Waals surface area contributed by atoms with Crippen molar-refractivity contribution >= 4 is 44.2 Å². The van der Waals surface area contributed by atoms with Crippen molar-refractivity contribution < 1.29 is 14.8 Å². The molecule has 8 heteroatoms. The molecule has 2 aromatic rings. The molecule has 1 aromatic carbocycles. The number of aromatic nitrogens is 1. The average Bonchev–Trinajstić information content (AvgIpc) is 2.94. The van der Waals surface area contributed by atoms with Crippen LogP contribution in [0.25, 0.3) is 10.9 Å². The summed E-state index contributed by atoms with van der Waals surface area (Å²) in [7, 11) is 0. The van der Waals surface area contributed by atoms with Crippen molar-refractivity contribution in [2.24, 2.45) is 0 Å². The number of halogens is 1. The molecule has 1 aromatic heterocycles. The van der Waals surface area contributed by atoms with Gasteiger partial charge in [-0.1, -0.05) is 15.9 Å². The molecular weight excluding hydrogens is 354 g/mol. The number of nitrogens with zero attached hydrogens (tertiary/aromatic N) is 3. The first-order valence-electron chi connectivity index (χ1n) is 6.71. The van der Waals surface area contributed by atoms with Crippen LogP contribution in [0.1, 0.15) is 12.8 Å². The number of nitro groups is 1. The molecule has 22 heavy (non-hydrogen) atoms. The van der Waals surface area contributed by atoms with E-state index in [4.69, 9.17) is 0 Å². The summed E-state index contributed by atoms with van der Waals surface area (Å²) < 4.78 is 0.759. The Balaban J connectivity index is 2.29. The lowest BCUT2D eigenvalue weighted by Gasteiger charge is -2.24. The molecule has 7 nitrogen and oxygen atoms in total. The monoisotopic (exact) mass is 365 g/mol. The van der Waals surface area contributed by atoms with Crippen LogP contribution in [-0.4, -0.2) is 33.6 Å². The van der Waals surface area contributed by atoms with Gasteiger partial charge in [0.1, 0.15) is 17.9 Å². The van der Waals surface area contributed by atoms with Gasteiger partial charge in [-0.3, -0.25) is 10.1 Å². The number of pyridine rings is 1. The fraction of sp³-hybridized carbons (Fsp3) is 0.286. The number of rotatable bonds is 3. The SMILES string of the molecule is O=C(O)[C@H]1CCCN1c1c([N+](=O)[O-])cnc2ccc(Br)cc12. The highest BCUT2D eigenvalue weighted by Gasteiger charge is 2.35. The number of benzene rings is 1. The lowest BCUT2D eigenvalue weighted by Crippen LogP contribution is -2.36. The standard InChI is InChI=1S/C14H12BrN3O4/c15-8-3-4-10-9(6-8)13(12(7-16-10)18(21)22)17-5-1-2-11(17)14(19)20/h3-4,6-7,11H,1-2,5H2,(H,19,20)/t11-/m1/s1. The zero-order valence-electron chi connectivity index (χ0n) is 11.4. The Morgan fingerprint density at radius 3 is 2.95 bits per heavy atom. The zero-order valence-corrected chi connectivity index (χ0v) is 13.0. The molecular formula is C14H12BrN3O4. The van der Waals surface area contributed by atoms with Crippen molar-refractivity contribution in [2.75, 3.05) is 11.4 Å². The first kappa shape index (κ1) is 14.7. The van der Waals surface area contributed by atoms with Gasteiger partial charge in [0.15, 0.2) is 0 Å². The van der Waals surface area contributed by atoms with Crippen molar-refractivity contribution in [2.45, 2.75) is 18.9 Å². The molecule has 0 unspecified atom stereocenters. The van der Waals surface area contributed by atoms with Gasteiger partial charge in [-0.05, 0) is 31.0 Å². The van der Waals surface area contributed by atoms with Crippen LogP contribution in [-0.2, 0) is 4.79 Å². The van der Waals surface area contributed by atoms with E-state index in [2.05, 4.69) is 20.9 Å². The van der Waals surface area contributed by atoms with E-state index >= 15 is 0 Å². The van der Waals surface area contributed by atoms with Crippen LogP contribution in [0.3, 0.4) is 0 Å². The van der Waals surface area contributed by atoms with E-state index in [0.717, 1.165) is 4.47 Å². The molecule has 0 amide bonds. The normalized spacial score (nSPS) is 17.9. The topological polar surface area (TPSA) is 96.6 Å². The summed E-state index contributed by atoms with van der Waals surface area (Å²) in [6, 6.07) is 4.53. The van der Waals surface area contributed by atoms with Crippen LogP contribution in [0.15, 0.2) is 28.9 Å². The number of hydrogen-bond acceptors (Lipinski definition) is 5. The summed E-state index contributed by atoms with van der Waals surface area (Å²) in [5.74, 6) is -0.966. The summed E-state index contributed by atoms with van der Waals surface area (Å²) in [6.07, 6.45) is 2.36. The van der Waals surface area contributed by atoms with Crippen molar-refractivity contribution in [3.05, 3.63) is 39.0 Å². The quantitative estimate of drug-likeness (QED) is 0.663. The second kappa shape index (κ2) is 5.53. The van der Waals surface area contributed by atoms with E-state index in [0.29, 0.717) is 36.0 Å². The molecule has 0 saturated carbocycles. The molecule has 1 saturated heterocycles. The highest BCUT2D eigenvalue weighted by atomic mass is 79.9. The van der Waals surface area contributed by atoms with Gasteiger partial charge in [0, 0.05) is 16.4 Å². The largest absolute Gasteiger partial charge is 0.480 e. The van der Waals surface area contributed by atoms with Crippen LogP contribution in [0, 0.1) is 10.1 Å². The molecule has 1 fully saturated rings. The predicted molar refractivity (Wildman–Crippen MR) is 84.1 cm³/mol. The number of carboxylic acids is 1. The molecule has 1 N–H and O–H groups in total. The van der Waals surface area contributed by atoms with Crippen LogP contribution in [0.5, 0.6) is 0 Å². The number of hydrogen-bond donors (Lipinski definition) is 1. The smallest absolute Gasteiger partial charge is 0.326 e. The average molecular weight is 366 g/mol. The summed E-state index contributed by atoms with van der Waals surface area (Å²) in [6.45, 7) is 0.476. The van der Waals surface area contributed by atoms with E-state index in [1.54, 1.807) is 23.1 Å². The predicted octanol–water partition coefficient (Wildman–Crippen LogP) is 2.96.